The SMILES string of the molecule is CC1CC(NS(=O)(=O)c2ccc(C(=O)O)s2)CCN1C. The highest BCUT2D eigenvalue weighted by molar-refractivity contribution is 7.91. The van der Waals surface area contributed by atoms with E-state index in [-0.39, 0.29) is 15.1 Å². The van der Waals surface area contributed by atoms with E-state index in [2.05, 4.69) is 16.5 Å². The highest BCUT2D eigenvalue weighted by Crippen LogP contribution is 2.23. The summed E-state index contributed by atoms with van der Waals surface area (Å²) >= 11 is 0.777. The largest absolute Gasteiger partial charge is 0.477 e. The Morgan fingerprint density at radius 2 is 2.20 bits per heavy atom. The number of likely N-dealkylation sites (tertiary alicyclic amines) is 1. The number of nitrogens with one attached hydrogen (secondary N) is 1. The van der Waals surface area contributed by atoms with Crippen molar-refractivity contribution in [1.82, 2.24) is 9.62 Å². The Kier molecular flexibility index (Phi) is 4.48. The summed E-state index contributed by atoms with van der Waals surface area (Å²) in [4.78, 5) is 13.0. The summed E-state index contributed by atoms with van der Waals surface area (Å²) in [6.07, 6.45) is 1.52. The Balaban J connectivity index is 2.09. The molecule has 8 heteroatoms. The number of carboxylic acid groups (broad SMARTS) is 1. The molecule has 0 spiro atoms. The minimum atomic E-state index is -3.63. The third kappa shape index (κ3) is 3.38. The maximum atomic E-state index is 12.2. The first-order valence-corrected chi connectivity index (χ1v) is 8.65. The van der Waals surface area contributed by atoms with Gasteiger partial charge in [0, 0.05) is 12.1 Å². The molecule has 1 aliphatic heterocycles. The summed E-state index contributed by atoms with van der Waals surface area (Å²) < 4.78 is 27.2. The molecule has 2 unspecified atom stereocenters. The summed E-state index contributed by atoms with van der Waals surface area (Å²) in [6.45, 7) is 2.91. The number of piperidine rings is 1. The lowest BCUT2D eigenvalue weighted by Crippen LogP contribution is -2.47. The number of thiophene rings is 1. The molecule has 0 radical (unpaired) electrons. The number of carbonyl (C=O) groups is 1. The second-order valence-electron chi connectivity index (χ2n) is 5.10. The molecule has 0 bridgehead atoms. The van der Waals surface area contributed by atoms with Crippen molar-refractivity contribution in [3.05, 3.63) is 17.0 Å². The zero-order valence-corrected chi connectivity index (χ0v) is 13.0. The Morgan fingerprint density at radius 1 is 1.50 bits per heavy atom. The number of hydrogen-bond donors (Lipinski definition) is 2. The quantitative estimate of drug-likeness (QED) is 0.871. The van der Waals surface area contributed by atoms with Gasteiger partial charge < -0.3 is 10.0 Å². The van der Waals surface area contributed by atoms with Gasteiger partial charge in [0.05, 0.1) is 0 Å². The van der Waals surface area contributed by atoms with E-state index in [9.17, 15) is 13.2 Å². The molecule has 2 heterocycles. The molecule has 1 fully saturated rings. The maximum absolute atomic E-state index is 12.2. The summed E-state index contributed by atoms with van der Waals surface area (Å²) in [6, 6.07) is 2.89. The highest BCUT2D eigenvalue weighted by Gasteiger charge is 2.28. The molecule has 1 aliphatic rings. The topological polar surface area (TPSA) is 86.7 Å². The summed E-state index contributed by atoms with van der Waals surface area (Å²) in [7, 11) is -1.61. The van der Waals surface area contributed by atoms with E-state index in [0.717, 1.165) is 30.7 Å². The molecular formula is C12H18N2O4S2. The van der Waals surface area contributed by atoms with Crippen LogP contribution in [0.4, 0.5) is 0 Å². The predicted molar refractivity (Wildman–Crippen MR) is 76.7 cm³/mol. The summed E-state index contributed by atoms with van der Waals surface area (Å²) in [5.41, 5.74) is 0. The highest BCUT2D eigenvalue weighted by atomic mass is 32.2. The summed E-state index contributed by atoms with van der Waals surface area (Å²) in [5, 5.41) is 8.84. The van der Waals surface area contributed by atoms with Gasteiger partial charge in [0.25, 0.3) is 0 Å². The van der Waals surface area contributed by atoms with E-state index in [1.54, 1.807) is 0 Å². The molecule has 1 saturated heterocycles. The van der Waals surface area contributed by atoms with Crippen LogP contribution in [0.25, 0.3) is 0 Å². The van der Waals surface area contributed by atoms with Gasteiger partial charge in [-0.05, 0) is 45.5 Å². The monoisotopic (exact) mass is 318 g/mol. The zero-order chi connectivity index (χ0) is 14.9. The number of aromatic carboxylic acids is 1. The van der Waals surface area contributed by atoms with Gasteiger partial charge in [0.15, 0.2) is 0 Å². The number of rotatable bonds is 4. The Labute approximate surface area is 122 Å². The predicted octanol–water partition coefficient (Wildman–Crippen LogP) is 1.21. The maximum Gasteiger partial charge on any atom is 0.345 e. The average molecular weight is 318 g/mol. The van der Waals surface area contributed by atoms with Gasteiger partial charge in [-0.1, -0.05) is 0 Å². The second kappa shape index (κ2) is 5.80. The fourth-order valence-electron chi connectivity index (χ4n) is 2.25. The van der Waals surface area contributed by atoms with Gasteiger partial charge in [0.1, 0.15) is 9.09 Å². The zero-order valence-electron chi connectivity index (χ0n) is 11.4. The van der Waals surface area contributed by atoms with Crippen LogP contribution in [0.2, 0.25) is 0 Å². The second-order valence-corrected chi connectivity index (χ2v) is 8.12. The van der Waals surface area contributed by atoms with Crippen LogP contribution in [0.1, 0.15) is 29.4 Å². The number of nitrogens with zero attached hydrogens (tertiary/aromatic N) is 1. The van der Waals surface area contributed by atoms with Crippen molar-refractivity contribution in [3.63, 3.8) is 0 Å². The number of carboxylic acids is 1. The van der Waals surface area contributed by atoms with E-state index < -0.39 is 16.0 Å². The van der Waals surface area contributed by atoms with Gasteiger partial charge in [0.2, 0.25) is 10.0 Å². The molecule has 6 nitrogen and oxygen atoms in total. The molecule has 2 atom stereocenters. The number of sulfonamides is 1. The van der Waals surface area contributed by atoms with Crippen molar-refractivity contribution < 1.29 is 18.3 Å². The fourth-order valence-corrected chi connectivity index (χ4v) is 4.70. The van der Waals surface area contributed by atoms with E-state index in [0.29, 0.717) is 6.04 Å². The third-order valence-corrected chi connectivity index (χ3v) is 6.67. The van der Waals surface area contributed by atoms with Gasteiger partial charge in [-0.2, -0.15) is 0 Å². The van der Waals surface area contributed by atoms with Crippen LogP contribution in [0.3, 0.4) is 0 Å². The molecule has 0 saturated carbocycles. The van der Waals surface area contributed by atoms with E-state index >= 15 is 0 Å². The Morgan fingerprint density at radius 3 is 2.75 bits per heavy atom. The molecular weight excluding hydrogens is 300 g/mol. The van der Waals surface area contributed by atoms with Gasteiger partial charge in [-0.15, -0.1) is 11.3 Å². The first kappa shape index (κ1) is 15.4. The molecule has 1 aromatic rings. The van der Waals surface area contributed by atoms with Crippen molar-refractivity contribution in [2.24, 2.45) is 0 Å². The van der Waals surface area contributed by atoms with Crippen LogP contribution in [-0.2, 0) is 10.0 Å². The molecule has 2 N–H and O–H groups in total. The van der Waals surface area contributed by atoms with Crippen LogP contribution < -0.4 is 4.72 Å². The lowest BCUT2D eigenvalue weighted by Gasteiger charge is -2.35. The van der Waals surface area contributed by atoms with Crippen LogP contribution in [0, 0.1) is 0 Å². The Hall–Kier alpha value is -0.960. The van der Waals surface area contributed by atoms with Gasteiger partial charge in [-0.25, -0.2) is 17.9 Å². The third-order valence-electron chi connectivity index (χ3n) is 3.59. The smallest absolute Gasteiger partial charge is 0.345 e. The van der Waals surface area contributed by atoms with E-state index in [1.807, 2.05) is 7.05 Å². The minimum absolute atomic E-state index is 0.0297. The fraction of sp³-hybridized carbons (Fsp3) is 0.583. The molecule has 0 amide bonds. The van der Waals surface area contributed by atoms with Crippen molar-refractivity contribution >= 4 is 27.3 Å². The summed E-state index contributed by atoms with van der Waals surface area (Å²) in [5.74, 6) is -1.11. The lowest BCUT2D eigenvalue weighted by atomic mass is 10.0. The molecule has 2 rings (SSSR count). The first-order valence-electron chi connectivity index (χ1n) is 6.35. The van der Waals surface area contributed by atoms with Crippen LogP contribution >= 0.6 is 11.3 Å². The van der Waals surface area contributed by atoms with Crippen LogP contribution in [-0.4, -0.2) is 50.1 Å². The molecule has 112 valence electrons. The van der Waals surface area contributed by atoms with E-state index in [1.165, 1.54) is 12.1 Å². The van der Waals surface area contributed by atoms with Crippen molar-refractivity contribution in [3.8, 4) is 0 Å². The van der Waals surface area contributed by atoms with Crippen molar-refractivity contribution in [1.29, 1.82) is 0 Å². The normalized spacial score (nSPS) is 24.7. The van der Waals surface area contributed by atoms with Crippen molar-refractivity contribution in [2.45, 2.75) is 36.1 Å². The standard InChI is InChI=1S/C12H18N2O4S2/c1-8-7-9(5-6-14(8)2)13-20(17,18)11-4-3-10(19-11)12(15)16/h3-4,8-9,13H,5-7H2,1-2H3,(H,15,16). The molecule has 0 aromatic carbocycles. The first-order chi connectivity index (χ1) is 9.29. The van der Waals surface area contributed by atoms with Crippen LogP contribution in [0.15, 0.2) is 16.3 Å². The average Bonchev–Trinajstić information content (AvgIpc) is 2.84. The number of hydrogen-bond acceptors (Lipinski definition) is 5. The lowest BCUT2D eigenvalue weighted by molar-refractivity contribution is 0.0702. The molecule has 0 aliphatic carbocycles. The molecule has 1 aromatic heterocycles. The van der Waals surface area contributed by atoms with Gasteiger partial charge in [-0.3, -0.25) is 0 Å². The van der Waals surface area contributed by atoms with Gasteiger partial charge >= 0.3 is 5.97 Å². The Bertz CT molecular complexity index is 596. The van der Waals surface area contributed by atoms with E-state index in [4.69, 9.17) is 5.11 Å². The van der Waals surface area contributed by atoms with Crippen molar-refractivity contribution in [2.75, 3.05) is 13.6 Å². The van der Waals surface area contributed by atoms with Crippen LogP contribution in [0.5, 0.6) is 0 Å². The minimum Gasteiger partial charge on any atom is -0.477 e. The molecule has 20 heavy (non-hydrogen) atoms.